The number of pyridine rings is 1. The van der Waals surface area contributed by atoms with E-state index in [1.54, 1.807) is 6.20 Å². The lowest BCUT2D eigenvalue weighted by Gasteiger charge is -2.20. The summed E-state index contributed by atoms with van der Waals surface area (Å²) in [6.45, 7) is 5.50. The molecule has 5 heteroatoms. The van der Waals surface area contributed by atoms with Gasteiger partial charge in [0, 0.05) is 18.7 Å². The Balaban J connectivity index is 1.69. The molecule has 3 heterocycles. The molecule has 4 aromatic rings. The molecule has 2 aromatic carbocycles. The van der Waals surface area contributed by atoms with Crippen molar-refractivity contribution in [2.75, 3.05) is 11.4 Å². The van der Waals surface area contributed by atoms with Crippen LogP contribution in [0, 0.1) is 6.92 Å². The van der Waals surface area contributed by atoms with E-state index in [4.69, 9.17) is 4.98 Å². The maximum Gasteiger partial charge on any atom is 0.259 e. The van der Waals surface area contributed by atoms with Crippen molar-refractivity contribution in [2.24, 2.45) is 0 Å². The fraction of sp³-hybridized carbons (Fsp3) is 0.208. The zero-order valence-electron chi connectivity index (χ0n) is 16.6. The van der Waals surface area contributed by atoms with Crippen LogP contribution in [0.4, 0.5) is 5.69 Å². The van der Waals surface area contributed by atoms with E-state index in [9.17, 15) is 4.79 Å². The van der Waals surface area contributed by atoms with Gasteiger partial charge < -0.3 is 4.90 Å². The lowest BCUT2D eigenvalue weighted by molar-refractivity contribution is 0.0991. The van der Waals surface area contributed by atoms with Gasteiger partial charge in [-0.2, -0.15) is 5.10 Å². The molecule has 1 amide bonds. The van der Waals surface area contributed by atoms with Gasteiger partial charge >= 0.3 is 0 Å². The summed E-state index contributed by atoms with van der Waals surface area (Å²) in [6.07, 6.45) is 2.65. The SMILES string of the molecule is CCn1ncc2c(C(=O)N3CCc4cccc(C)c43)cc(-c3ccccc3)nc21. The molecule has 0 unspecified atom stereocenters. The predicted molar refractivity (Wildman–Crippen MR) is 115 cm³/mol. The summed E-state index contributed by atoms with van der Waals surface area (Å²) in [5, 5.41) is 5.27. The number of rotatable bonds is 3. The van der Waals surface area contributed by atoms with E-state index in [2.05, 4.69) is 30.2 Å². The highest BCUT2D eigenvalue weighted by Crippen LogP contribution is 2.34. The quantitative estimate of drug-likeness (QED) is 0.519. The van der Waals surface area contributed by atoms with Crippen molar-refractivity contribution in [3.8, 4) is 11.3 Å². The Morgan fingerprint density at radius 1 is 1.10 bits per heavy atom. The van der Waals surface area contributed by atoms with Crippen molar-refractivity contribution in [3.05, 3.63) is 77.5 Å². The monoisotopic (exact) mass is 382 g/mol. The third kappa shape index (κ3) is 2.81. The second kappa shape index (κ2) is 6.85. The Labute approximate surface area is 169 Å². The Kier molecular flexibility index (Phi) is 4.16. The second-order valence-electron chi connectivity index (χ2n) is 7.41. The van der Waals surface area contributed by atoms with Crippen LogP contribution < -0.4 is 4.90 Å². The number of carbonyl (C=O) groups is 1. The van der Waals surface area contributed by atoms with E-state index in [0.717, 1.165) is 40.0 Å². The van der Waals surface area contributed by atoms with Gasteiger partial charge in [0.05, 0.1) is 28.5 Å². The molecule has 0 N–H and O–H groups in total. The summed E-state index contributed by atoms with van der Waals surface area (Å²) in [6, 6.07) is 18.1. The van der Waals surface area contributed by atoms with Gasteiger partial charge in [0.1, 0.15) is 0 Å². The summed E-state index contributed by atoms with van der Waals surface area (Å²) in [4.78, 5) is 20.5. The Morgan fingerprint density at radius 2 is 1.93 bits per heavy atom. The molecule has 0 saturated heterocycles. The molecule has 144 valence electrons. The molecule has 0 radical (unpaired) electrons. The number of benzene rings is 2. The van der Waals surface area contributed by atoms with Crippen LogP contribution >= 0.6 is 0 Å². The Bertz CT molecular complexity index is 1230. The molecule has 0 fully saturated rings. The molecule has 5 rings (SSSR count). The van der Waals surface area contributed by atoms with E-state index >= 15 is 0 Å². The molecule has 1 aliphatic rings. The molecule has 0 saturated carbocycles. The minimum atomic E-state index is 0.0123. The van der Waals surface area contributed by atoms with Gasteiger partial charge in [-0.25, -0.2) is 9.67 Å². The maximum atomic E-state index is 13.7. The van der Waals surface area contributed by atoms with Gasteiger partial charge in [0.15, 0.2) is 5.65 Å². The largest absolute Gasteiger partial charge is 0.307 e. The third-order valence-electron chi connectivity index (χ3n) is 5.65. The van der Waals surface area contributed by atoms with E-state index < -0.39 is 0 Å². The van der Waals surface area contributed by atoms with Gasteiger partial charge in [-0.3, -0.25) is 4.79 Å². The third-order valence-corrected chi connectivity index (χ3v) is 5.65. The van der Waals surface area contributed by atoms with E-state index in [1.165, 1.54) is 5.56 Å². The first-order chi connectivity index (χ1) is 14.2. The molecule has 1 aliphatic heterocycles. The van der Waals surface area contributed by atoms with Crippen LogP contribution in [-0.4, -0.2) is 27.2 Å². The van der Waals surface area contributed by atoms with Crippen LogP contribution in [0.2, 0.25) is 0 Å². The predicted octanol–water partition coefficient (Wildman–Crippen LogP) is 4.63. The minimum absolute atomic E-state index is 0.0123. The van der Waals surface area contributed by atoms with Crippen molar-refractivity contribution in [1.29, 1.82) is 0 Å². The molecule has 0 spiro atoms. The molecular weight excluding hydrogens is 360 g/mol. The smallest absolute Gasteiger partial charge is 0.259 e. The highest BCUT2D eigenvalue weighted by atomic mass is 16.2. The Hall–Kier alpha value is -3.47. The first kappa shape index (κ1) is 17.6. The van der Waals surface area contributed by atoms with Crippen LogP contribution in [0.15, 0.2) is 60.8 Å². The number of amides is 1. The number of nitrogens with zero attached hydrogens (tertiary/aromatic N) is 4. The minimum Gasteiger partial charge on any atom is -0.307 e. The zero-order chi connectivity index (χ0) is 20.0. The standard InChI is InChI=1S/C24H22N4O/c1-3-28-23-20(15-25-28)19(14-21(26-23)17-9-5-4-6-10-17)24(29)27-13-12-18-11-7-8-16(2)22(18)27/h4-11,14-15H,3,12-13H2,1-2H3. The molecule has 2 aromatic heterocycles. The summed E-state index contributed by atoms with van der Waals surface area (Å²) < 4.78 is 1.85. The maximum absolute atomic E-state index is 13.7. The first-order valence-corrected chi connectivity index (χ1v) is 9.99. The molecule has 0 atom stereocenters. The molecule has 5 nitrogen and oxygen atoms in total. The van der Waals surface area contributed by atoms with Crippen molar-refractivity contribution in [3.63, 3.8) is 0 Å². The van der Waals surface area contributed by atoms with Crippen LogP contribution in [0.25, 0.3) is 22.3 Å². The number of aromatic nitrogens is 3. The summed E-state index contributed by atoms with van der Waals surface area (Å²) in [7, 11) is 0. The van der Waals surface area contributed by atoms with Gasteiger partial charge in [-0.15, -0.1) is 0 Å². The van der Waals surface area contributed by atoms with E-state index in [0.29, 0.717) is 18.7 Å². The van der Waals surface area contributed by atoms with Crippen molar-refractivity contribution in [1.82, 2.24) is 14.8 Å². The van der Waals surface area contributed by atoms with Crippen molar-refractivity contribution >= 4 is 22.6 Å². The fourth-order valence-corrected chi connectivity index (χ4v) is 4.21. The number of carbonyl (C=O) groups excluding carboxylic acids is 1. The van der Waals surface area contributed by atoms with E-state index in [1.807, 2.05) is 52.9 Å². The highest BCUT2D eigenvalue weighted by molar-refractivity contribution is 6.14. The summed E-state index contributed by atoms with van der Waals surface area (Å²) in [5.41, 5.74) is 6.60. The number of hydrogen-bond acceptors (Lipinski definition) is 3. The van der Waals surface area contributed by atoms with Crippen LogP contribution in [0.1, 0.15) is 28.4 Å². The topological polar surface area (TPSA) is 51.0 Å². The first-order valence-electron chi connectivity index (χ1n) is 9.99. The van der Waals surface area contributed by atoms with Gasteiger partial charge in [-0.05, 0) is 37.5 Å². The molecular formula is C24H22N4O. The average Bonchev–Trinajstić information content (AvgIpc) is 3.38. The molecule has 0 aliphatic carbocycles. The van der Waals surface area contributed by atoms with Gasteiger partial charge in [0.25, 0.3) is 5.91 Å². The van der Waals surface area contributed by atoms with Crippen molar-refractivity contribution in [2.45, 2.75) is 26.8 Å². The highest BCUT2D eigenvalue weighted by Gasteiger charge is 2.29. The van der Waals surface area contributed by atoms with E-state index in [-0.39, 0.29) is 5.91 Å². The van der Waals surface area contributed by atoms with Crippen LogP contribution in [-0.2, 0) is 13.0 Å². The second-order valence-corrected chi connectivity index (χ2v) is 7.41. The summed E-state index contributed by atoms with van der Waals surface area (Å²) >= 11 is 0. The molecule has 0 bridgehead atoms. The van der Waals surface area contributed by atoms with Gasteiger partial charge in [-0.1, -0.05) is 48.5 Å². The Morgan fingerprint density at radius 3 is 2.72 bits per heavy atom. The van der Waals surface area contributed by atoms with Crippen molar-refractivity contribution < 1.29 is 4.79 Å². The number of hydrogen-bond donors (Lipinski definition) is 0. The van der Waals surface area contributed by atoms with Gasteiger partial charge in [0.2, 0.25) is 0 Å². The zero-order valence-corrected chi connectivity index (χ0v) is 16.6. The fourth-order valence-electron chi connectivity index (χ4n) is 4.21. The lowest BCUT2D eigenvalue weighted by atomic mass is 10.1. The lowest BCUT2D eigenvalue weighted by Crippen LogP contribution is -2.29. The van der Waals surface area contributed by atoms with Crippen LogP contribution in [0.3, 0.4) is 0 Å². The van der Waals surface area contributed by atoms with Crippen LogP contribution in [0.5, 0.6) is 0 Å². The normalized spacial score (nSPS) is 13.1. The number of fused-ring (bicyclic) bond motifs is 2. The average molecular weight is 382 g/mol. The number of para-hydroxylation sites is 1. The molecule has 29 heavy (non-hydrogen) atoms. The number of aryl methyl sites for hydroxylation is 2. The summed E-state index contributed by atoms with van der Waals surface area (Å²) in [5.74, 6) is 0.0123. The number of anilines is 1.